The summed E-state index contributed by atoms with van der Waals surface area (Å²) < 4.78 is 13.0. The van der Waals surface area contributed by atoms with Gasteiger partial charge in [-0.2, -0.15) is 0 Å². The van der Waals surface area contributed by atoms with Crippen LogP contribution < -0.4 is 5.56 Å². The Kier molecular flexibility index (Phi) is 5.03. The third-order valence-electron chi connectivity index (χ3n) is 4.63. The number of carbonyl (C=O) groups excluding carboxylic acids is 1. The first kappa shape index (κ1) is 18.1. The second-order valence-electron chi connectivity index (χ2n) is 6.57. The van der Waals surface area contributed by atoms with Gasteiger partial charge in [0.1, 0.15) is 11.6 Å². The molecule has 1 unspecified atom stereocenters. The fraction of sp³-hybridized carbons (Fsp3) is 0.389. The van der Waals surface area contributed by atoms with Crippen molar-refractivity contribution in [3.05, 3.63) is 57.5 Å². The molecule has 2 aromatic rings. The van der Waals surface area contributed by atoms with Gasteiger partial charge in [0.05, 0.1) is 6.04 Å². The maximum atomic E-state index is 13.0. The van der Waals surface area contributed by atoms with E-state index in [0.29, 0.717) is 5.82 Å². The van der Waals surface area contributed by atoms with Crippen molar-refractivity contribution >= 4 is 5.91 Å². The van der Waals surface area contributed by atoms with Crippen LogP contribution in [-0.4, -0.2) is 51.4 Å². The Morgan fingerprint density at radius 1 is 1.42 bits per heavy atom. The Bertz CT molecular complexity index is 866. The highest BCUT2D eigenvalue weighted by atomic mass is 19.1. The first-order valence-electron chi connectivity index (χ1n) is 8.40. The normalized spacial score (nSPS) is 17.4. The van der Waals surface area contributed by atoms with Crippen molar-refractivity contribution in [3.8, 4) is 5.75 Å². The molecular formula is C18H21FN4O3. The summed E-state index contributed by atoms with van der Waals surface area (Å²) in [6, 6.07) is 5.68. The average Bonchev–Trinajstić information content (AvgIpc) is 3.04. The molecule has 0 saturated carbocycles. The predicted octanol–water partition coefficient (Wildman–Crippen LogP) is 1.65. The van der Waals surface area contributed by atoms with Crippen LogP contribution in [0.25, 0.3) is 0 Å². The zero-order chi connectivity index (χ0) is 18.8. The van der Waals surface area contributed by atoms with Crippen molar-refractivity contribution in [2.45, 2.75) is 25.4 Å². The van der Waals surface area contributed by atoms with Crippen molar-refractivity contribution in [2.75, 3.05) is 20.6 Å². The molecule has 1 fully saturated rings. The summed E-state index contributed by atoms with van der Waals surface area (Å²) in [5.41, 5.74) is -0.273. The number of halogens is 1. The molecule has 1 amide bonds. The van der Waals surface area contributed by atoms with Gasteiger partial charge < -0.3 is 15.0 Å². The van der Waals surface area contributed by atoms with Crippen LogP contribution in [0.3, 0.4) is 0 Å². The number of H-pyrrole nitrogens is 1. The van der Waals surface area contributed by atoms with E-state index in [4.69, 9.17) is 0 Å². The van der Waals surface area contributed by atoms with E-state index in [1.165, 1.54) is 24.1 Å². The monoisotopic (exact) mass is 360 g/mol. The van der Waals surface area contributed by atoms with Crippen molar-refractivity contribution in [1.82, 2.24) is 19.8 Å². The maximum Gasteiger partial charge on any atom is 0.293 e. The highest BCUT2D eigenvalue weighted by Crippen LogP contribution is 2.28. The van der Waals surface area contributed by atoms with Gasteiger partial charge in [-0.1, -0.05) is 12.1 Å². The number of nitrogens with zero attached hydrogens (tertiary/aromatic N) is 3. The number of benzene rings is 1. The number of aromatic amines is 1. The lowest BCUT2D eigenvalue weighted by Crippen LogP contribution is -2.31. The Labute approximate surface area is 150 Å². The van der Waals surface area contributed by atoms with Gasteiger partial charge in [0.25, 0.3) is 11.5 Å². The van der Waals surface area contributed by atoms with Crippen LogP contribution >= 0.6 is 0 Å². The van der Waals surface area contributed by atoms with Crippen molar-refractivity contribution in [3.63, 3.8) is 0 Å². The summed E-state index contributed by atoms with van der Waals surface area (Å²) in [7, 11) is 3.46. The van der Waals surface area contributed by atoms with E-state index in [1.54, 1.807) is 12.1 Å². The molecule has 138 valence electrons. The maximum absolute atomic E-state index is 13.0. The predicted molar refractivity (Wildman–Crippen MR) is 93.3 cm³/mol. The summed E-state index contributed by atoms with van der Waals surface area (Å²) in [4.78, 5) is 35.0. The molecule has 8 heteroatoms. The van der Waals surface area contributed by atoms with Gasteiger partial charge >= 0.3 is 0 Å². The summed E-state index contributed by atoms with van der Waals surface area (Å²) >= 11 is 0. The van der Waals surface area contributed by atoms with Crippen LogP contribution in [0.2, 0.25) is 0 Å². The standard InChI is InChI=1S/C18H21FN4O3/c1-22-9-3-4-13(22)16-20-14(15(24)17(25)21-16)18(26)23(2)10-11-5-7-12(19)8-6-11/h5-8,13,24H,3-4,9-10H2,1-2H3,(H,20,21,25). The van der Waals surface area contributed by atoms with E-state index in [9.17, 15) is 19.1 Å². The lowest BCUT2D eigenvalue weighted by molar-refractivity contribution is 0.0774. The molecule has 2 N–H and O–H groups in total. The minimum Gasteiger partial charge on any atom is -0.501 e. The van der Waals surface area contributed by atoms with Crippen molar-refractivity contribution < 1.29 is 14.3 Å². The largest absolute Gasteiger partial charge is 0.501 e. The van der Waals surface area contributed by atoms with E-state index in [0.717, 1.165) is 24.9 Å². The third kappa shape index (κ3) is 3.60. The molecule has 1 aliphatic rings. The molecule has 1 aromatic carbocycles. The Morgan fingerprint density at radius 3 is 2.73 bits per heavy atom. The fourth-order valence-corrected chi connectivity index (χ4v) is 3.16. The molecule has 26 heavy (non-hydrogen) atoms. The van der Waals surface area contributed by atoms with Gasteiger partial charge in [-0.25, -0.2) is 9.37 Å². The highest BCUT2D eigenvalue weighted by Gasteiger charge is 2.28. The number of aromatic nitrogens is 2. The molecule has 7 nitrogen and oxygen atoms in total. The molecule has 0 bridgehead atoms. The molecule has 0 radical (unpaired) electrons. The van der Waals surface area contributed by atoms with E-state index in [-0.39, 0.29) is 24.1 Å². The zero-order valence-electron chi connectivity index (χ0n) is 14.7. The molecule has 1 aromatic heterocycles. The number of hydrogen-bond acceptors (Lipinski definition) is 5. The quantitative estimate of drug-likeness (QED) is 0.865. The first-order valence-corrected chi connectivity index (χ1v) is 8.40. The number of nitrogens with one attached hydrogen (secondary N) is 1. The number of aromatic hydroxyl groups is 1. The number of hydrogen-bond donors (Lipinski definition) is 2. The van der Waals surface area contributed by atoms with E-state index in [2.05, 4.69) is 9.97 Å². The van der Waals surface area contributed by atoms with Crippen LogP contribution in [0.5, 0.6) is 5.75 Å². The summed E-state index contributed by atoms with van der Waals surface area (Å²) in [6.45, 7) is 1.08. The lowest BCUT2D eigenvalue weighted by atomic mass is 10.2. The van der Waals surface area contributed by atoms with Crippen LogP contribution in [0.15, 0.2) is 29.1 Å². The minimum atomic E-state index is -0.728. The Hall–Kier alpha value is -2.74. The molecule has 1 atom stereocenters. The van der Waals surface area contributed by atoms with Gasteiger partial charge in [0, 0.05) is 13.6 Å². The SMILES string of the molecule is CN(Cc1ccc(F)cc1)C(=O)c1nc(C2CCCN2C)[nH]c(=O)c1O. The van der Waals surface area contributed by atoms with Gasteiger partial charge in [0.2, 0.25) is 5.75 Å². The Balaban J connectivity index is 1.86. The lowest BCUT2D eigenvalue weighted by Gasteiger charge is -2.21. The zero-order valence-corrected chi connectivity index (χ0v) is 14.7. The van der Waals surface area contributed by atoms with Gasteiger partial charge in [-0.15, -0.1) is 0 Å². The van der Waals surface area contributed by atoms with Gasteiger partial charge in [0.15, 0.2) is 5.69 Å². The van der Waals surface area contributed by atoms with Crippen LogP contribution in [-0.2, 0) is 6.54 Å². The topological polar surface area (TPSA) is 89.5 Å². The van der Waals surface area contributed by atoms with E-state index in [1.807, 2.05) is 11.9 Å². The smallest absolute Gasteiger partial charge is 0.293 e. The average molecular weight is 360 g/mol. The summed E-state index contributed by atoms with van der Waals surface area (Å²) in [5, 5.41) is 10.0. The fourth-order valence-electron chi connectivity index (χ4n) is 3.16. The van der Waals surface area contributed by atoms with Crippen LogP contribution in [0, 0.1) is 5.82 Å². The number of carbonyl (C=O) groups is 1. The number of rotatable bonds is 4. The van der Waals surface area contributed by atoms with E-state index >= 15 is 0 Å². The Morgan fingerprint density at radius 2 is 2.12 bits per heavy atom. The second kappa shape index (κ2) is 7.25. The number of likely N-dealkylation sites (tertiary alicyclic amines) is 1. The number of amides is 1. The second-order valence-corrected chi connectivity index (χ2v) is 6.57. The van der Waals surface area contributed by atoms with E-state index < -0.39 is 17.2 Å². The van der Waals surface area contributed by atoms with Crippen molar-refractivity contribution in [2.24, 2.45) is 0 Å². The third-order valence-corrected chi connectivity index (χ3v) is 4.63. The van der Waals surface area contributed by atoms with Gasteiger partial charge in [-0.05, 0) is 44.1 Å². The molecular weight excluding hydrogens is 339 g/mol. The molecule has 2 heterocycles. The highest BCUT2D eigenvalue weighted by molar-refractivity contribution is 5.94. The van der Waals surface area contributed by atoms with Crippen LogP contribution in [0.4, 0.5) is 4.39 Å². The first-order chi connectivity index (χ1) is 12.4. The molecule has 1 saturated heterocycles. The molecule has 3 rings (SSSR count). The van der Waals surface area contributed by atoms with Crippen LogP contribution in [0.1, 0.15) is 40.8 Å². The summed E-state index contributed by atoms with van der Waals surface area (Å²) in [6.07, 6.45) is 1.79. The molecule has 0 spiro atoms. The van der Waals surface area contributed by atoms with Crippen molar-refractivity contribution in [1.29, 1.82) is 0 Å². The van der Waals surface area contributed by atoms with Gasteiger partial charge in [-0.3, -0.25) is 14.5 Å². The summed E-state index contributed by atoms with van der Waals surface area (Å²) in [5.74, 6) is -1.24. The molecule has 1 aliphatic heterocycles. The minimum absolute atomic E-state index is 0.0859. The molecule has 0 aliphatic carbocycles.